The van der Waals surface area contributed by atoms with Crippen LogP contribution < -0.4 is 5.73 Å². The highest BCUT2D eigenvalue weighted by molar-refractivity contribution is 5.51. The molecule has 2 N–H and O–H groups in total. The monoisotopic (exact) mass is 255 g/mol. The molecule has 0 spiro atoms. The van der Waals surface area contributed by atoms with Gasteiger partial charge >= 0.3 is 0 Å². The van der Waals surface area contributed by atoms with Crippen molar-refractivity contribution in [3.63, 3.8) is 0 Å². The zero-order valence-corrected chi connectivity index (χ0v) is 10.4. The number of furan rings is 1. The minimum absolute atomic E-state index is 0.389. The van der Waals surface area contributed by atoms with Crippen molar-refractivity contribution in [1.82, 2.24) is 10.2 Å². The van der Waals surface area contributed by atoms with Crippen LogP contribution in [-0.2, 0) is 0 Å². The van der Waals surface area contributed by atoms with Crippen LogP contribution in [0.2, 0.25) is 0 Å². The molecule has 2 heterocycles. The molecule has 0 amide bonds. The highest BCUT2D eigenvalue weighted by Crippen LogP contribution is 2.24. The molecule has 0 aliphatic carbocycles. The van der Waals surface area contributed by atoms with Gasteiger partial charge < -0.3 is 14.6 Å². The summed E-state index contributed by atoms with van der Waals surface area (Å²) in [6.45, 7) is 1.86. The van der Waals surface area contributed by atoms with Gasteiger partial charge in [0.1, 0.15) is 18.1 Å². The van der Waals surface area contributed by atoms with E-state index in [1.165, 1.54) is 0 Å². The fraction of sp³-hybridized carbons (Fsp3) is 0.143. The minimum atomic E-state index is -0.421. The summed E-state index contributed by atoms with van der Waals surface area (Å²) in [5.41, 5.74) is 7.79. The van der Waals surface area contributed by atoms with Gasteiger partial charge in [0.15, 0.2) is 0 Å². The summed E-state index contributed by atoms with van der Waals surface area (Å²) in [4.78, 5) is 0. The average molecular weight is 255 g/mol. The molecule has 96 valence electrons. The second-order valence-corrected chi connectivity index (χ2v) is 4.28. The Hall–Kier alpha value is -2.40. The van der Waals surface area contributed by atoms with Crippen LogP contribution in [0.3, 0.4) is 0 Å². The lowest BCUT2D eigenvalue weighted by atomic mass is 10.1. The maximum atomic E-state index is 6.09. The Morgan fingerprint density at radius 3 is 2.63 bits per heavy atom. The molecule has 0 aliphatic rings. The van der Waals surface area contributed by atoms with E-state index in [0.717, 1.165) is 16.9 Å². The highest BCUT2D eigenvalue weighted by atomic mass is 16.4. The predicted molar refractivity (Wildman–Crippen MR) is 69.2 cm³/mol. The Kier molecular flexibility index (Phi) is 2.89. The van der Waals surface area contributed by atoms with E-state index in [9.17, 15) is 0 Å². The Morgan fingerprint density at radius 1 is 1.16 bits per heavy atom. The lowest BCUT2D eigenvalue weighted by Crippen LogP contribution is -2.11. The lowest BCUT2D eigenvalue weighted by Gasteiger charge is -2.05. The number of aryl methyl sites for hydroxylation is 1. The van der Waals surface area contributed by atoms with Crippen LogP contribution in [0.4, 0.5) is 0 Å². The van der Waals surface area contributed by atoms with E-state index >= 15 is 0 Å². The minimum Gasteiger partial charge on any atom is -0.469 e. The van der Waals surface area contributed by atoms with Gasteiger partial charge in [0.05, 0.1) is 5.56 Å². The third-order valence-corrected chi connectivity index (χ3v) is 2.84. The molecule has 5 heteroatoms. The van der Waals surface area contributed by atoms with Crippen LogP contribution in [-0.4, -0.2) is 10.2 Å². The maximum absolute atomic E-state index is 6.09. The quantitative estimate of drug-likeness (QED) is 0.778. The number of hydrogen-bond donors (Lipinski definition) is 1. The number of aromatic nitrogens is 2. The van der Waals surface area contributed by atoms with E-state index in [1.54, 1.807) is 6.26 Å². The molecule has 0 saturated carbocycles. The maximum Gasteiger partial charge on any atom is 0.251 e. The molecule has 19 heavy (non-hydrogen) atoms. The van der Waals surface area contributed by atoms with Crippen molar-refractivity contribution >= 4 is 0 Å². The van der Waals surface area contributed by atoms with Crippen LogP contribution >= 0.6 is 0 Å². The molecule has 0 radical (unpaired) electrons. The Bertz CT molecular complexity index is 673. The normalized spacial score (nSPS) is 12.5. The first-order valence-electron chi connectivity index (χ1n) is 5.93. The number of benzene rings is 1. The van der Waals surface area contributed by atoms with Gasteiger partial charge in [-0.1, -0.05) is 30.3 Å². The second-order valence-electron chi connectivity index (χ2n) is 4.28. The lowest BCUT2D eigenvalue weighted by molar-refractivity contribution is 0.482. The van der Waals surface area contributed by atoms with Crippen LogP contribution in [0, 0.1) is 6.92 Å². The largest absolute Gasteiger partial charge is 0.469 e. The summed E-state index contributed by atoms with van der Waals surface area (Å²) >= 11 is 0. The first-order chi connectivity index (χ1) is 9.24. The molecule has 0 aliphatic heterocycles. The van der Waals surface area contributed by atoms with Gasteiger partial charge in [-0.25, -0.2) is 0 Å². The molecule has 0 fully saturated rings. The smallest absolute Gasteiger partial charge is 0.251 e. The van der Waals surface area contributed by atoms with E-state index in [4.69, 9.17) is 14.6 Å². The molecular formula is C14H13N3O2. The summed E-state index contributed by atoms with van der Waals surface area (Å²) in [6, 6.07) is 11.1. The molecule has 0 bridgehead atoms. The molecular weight excluding hydrogens is 242 g/mol. The number of nitrogens with two attached hydrogens (primary N) is 1. The Morgan fingerprint density at radius 2 is 1.95 bits per heavy atom. The zero-order chi connectivity index (χ0) is 13.2. The van der Waals surface area contributed by atoms with Crippen molar-refractivity contribution in [2.24, 2.45) is 5.73 Å². The summed E-state index contributed by atoms with van der Waals surface area (Å²) in [5, 5.41) is 7.98. The van der Waals surface area contributed by atoms with Gasteiger partial charge in [0, 0.05) is 0 Å². The van der Waals surface area contributed by atoms with Crippen molar-refractivity contribution in [2.75, 3.05) is 0 Å². The fourth-order valence-corrected chi connectivity index (χ4v) is 1.84. The van der Waals surface area contributed by atoms with Crippen molar-refractivity contribution in [3.05, 3.63) is 59.9 Å². The van der Waals surface area contributed by atoms with Crippen LogP contribution in [0.5, 0.6) is 0 Å². The third-order valence-electron chi connectivity index (χ3n) is 2.84. The summed E-state index contributed by atoms with van der Waals surface area (Å²) in [5.74, 6) is 1.60. The molecule has 1 aromatic carbocycles. The molecule has 2 aromatic heterocycles. The topological polar surface area (TPSA) is 78.1 Å². The van der Waals surface area contributed by atoms with E-state index in [2.05, 4.69) is 10.2 Å². The predicted octanol–water partition coefficient (Wildman–Crippen LogP) is 2.69. The molecule has 1 atom stereocenters. The SMILES string of the molecule is Cc1cc(-c2nnc(C(N)c3ccccc3)o2)co1. The number of nitrogens with zero attached hydrogens (tertiary/aromatic N) is 2. The van der Waals surface area contributed by atoms with Crippen LogP contribution in [0.25, 0.3) is 11.5 Å². The molecule has 5 nitrogen and oxygen atoms in total. The van der Waals surface area contributed by atoms with Gasteiger partial charge in [0.2, 0.25) is 5.89 Å². The van der Waals surface area contributed by atoms with E-state index < -0.39 is 6.04 Å². The molecule has 3 rings (SSSR count). The fourth-order valence-electron chi connectivity index (χ4n) is 1.84. The standard InChI is InChI=1S/C14H13N3O2/c1-9-7-11(8-18-9)13-16-17-14(19-13)12(15)10-5-3-2-4-6-10/h2-8,12H,15H2,1H3. The molecule has 1 unspecified atom stereocenters. The van der Waals surface area contributed by atoms with Crippen molar-refractivity contribution in [2.45, 2.75) is 13.0 Å². The first kappa shape index (κ1) is 11.7. The second kappa shape index (κ2) is 4.70. The average Bonchev–Trinajstić information content (AvgIpc) is 3.07. The van der Waals surface area contributed by atoms with Gasteiger partial charge in [-0.05, 0) is 18.6 Å². The third kappa shape index (κ3) is 2.28. The van der Waals surface area contributed by atoms with E-state index in [0.29, 0.717) is 11.8 Å². The first-order valence-corrected chi connectivity index (χ1v) is 5.93. The Labute approximate surface area is 110 Å². The highest BCUT2D eigenvalue weighted by Gasteiger charge is 2.17. The van der Waals surface area contributed by atoms with E-state index in [1.807, 2.05) is 43.3 Å². The summed E-state index contributed by atoms with van der Waals surface area (Å²) in [6.07, 6.45) is 1.58. The van der Waals surface area contributed by atoms with Crippen molar-refractivity contribution in [1.29, 1.82) is 0 Å². The van der Waals surface area contributed by atoms with Gasteiger partial charge in [-0.2, -0.15) is 0 Å². The number of rotatable bonds is 3. The van der Waals surface area contributed by atoms with Crippen molar-refractivity contribution < 1.29 is 8.83 Å². The Balaban J connectivity index is 1.89. The van der Waals surface area contributed by atoms with Crippen LogP contribution in [0.15, 0.2) is 51.5 Å². The van der Waals surface area contributed by atoms with Gasteiger partial charge in [-0.3, -0.25) is 0 Å². The van der Waals surface area contributed by atoms with Gasteiger partial charge in [0.25, 0.3) is 5.89 Å². The van der Waals surface area contributed by atoms with Gasteiger partial charge in [-0.15, -0.1) is 10.2 Å². The summed E-state index contributed by atoms with van der Waals surface area (Å²) < 4.78 is 10.8. The zero-order valence-electron chi connectivity index (χ0n) is 10.4. The molecule has 0 saturated heterocycles. The van der Waals surface area contributed by atoms with E-state index in [-0.39, 0.29) is 0 Å². The van der Waals surface area contributed by atoms with Crippen LogP contribution in [0.1, 0.15) is 23.3 Å². The summed E-state index contributed by atoms with van der Waals surface area (Å²) in [7, 11) is 0. The molecule has 3 aromatic rings. The number of hydrogen-bond acceptors (Lipinski definition) is 5. The van der Waals surface area contributed by atoms with Crippen molar-refractivity contribution in [3.8, 4) is 11.5 Å².